The fourth-order valence-electron chi connectivity index (χ4n) is 2.75. The van der Waals surface area contributed by atoms with Gasteiger partial charge in [0, 0.05) is 12.6 Å². The number of morpholine rings is 1. The molecule has 0 aromatic rings. The molecule has 3 atom stereocenters. The summed E-state index contributed by atoms with van der Waals surface area (Å²) in [5, 5.41) is 0. The van der Waals surface area contributed by atoms with Crippen LogP contribution in [0, 0.1) is 5.92 Å². The Morgan fingerprint density at radius 1 is 1.33 bits per heavy atom. The number of nitrogens with zero attached hydrogens (tertiary/aromatic N) is 1. The van der Waals surface area contributed by atoms with E-state index >= 15 is 0 Å². The van der Waals surface area contributed by atoms with Crippen LogP contribution < -0.4 is 0 Å². The van der Waals surface area contributed by atoms with E-state index in [-0.39, 0.29) is 0 Å². The molecule has 0 aromatic heterocycles. The minimum atomic E-state index is 0.535. The third kappa shape index (κ3) is 1.38. The number of likely N-dealkylation sites (N-methyl/N-ethyl adjacent to an activating group) is 1. The molecule has 2 nitrogen and oxygen atoms in total. The largest absolute Gasteiger partial charge is 0.375 e. The molecule has 2 heteroatoms. The second-order valence-corrected chi connectivity index (χ2v) is 4.29. The van der Waals surface area contributed by atoms with Gasteiger partial charge in [0.25, 0.3) is 0 Å². The van der Waals surface area contributed by atoms with E-state index in [2.05, 4.69) is 18.9 Å². The molecular weight excluding hydrogens is 150 g/mol. The summed E-state index contributed by atoms with van der Waals surface area (Å²) >= 11 is 0. The van der Waals surface area contributed by atoms with Crippen LogP contribution in [0.1, 0.15) is 26.2 Å². The van der Waals surface area contributed by atoms with E-state index in [1.165, 1.54) is 19.3 Å². The van der Waals surface area contributed by atoms with Crippen molar-refractivity contribution in [3.8, 4) is 0 Å². The fraction of sp³-hybridized carbons (Fsp3) is 1.00. The molecular formula is C10H19NO. The second kappa shape index (κ2) is 3.35. The Labute approximate surface area is 74.9 Å². The Morgan fingerprint density at radius 2 is 2.17 bits per heavy atom. The van der Waals surface area contributed by atoms with Gasteiger partial charge in [0.1, 0.15) is 0 Å². The van der Waals surface area contributed by atoms with Gasteiger partial charge in [-0.3, -0.25) is 4.90 Å². The highest BCUT2D eigenvalue weighted by atomic mass is 16.5. The van der Waals surface area contributed by atoms with Gasteiger partial charge in [-0.2, -0.15) is 0 Å². The number of hydrogen-bond acceptors (Lipinski definition) is 2. The van der Waals surface area contributed by atoms with E-state index in [0.29, 0.717) is 12.1 Å². The molecule has 1 saturated carbocycles. The summed E-state index contributed by atoms with van der Waals surface area (Å²) < 4.78 is 5.78. The minimum Gasteiger partial charge on any atom is -0.375 e. The summed E-state index contributed by atoms with van der Waals surface area (Å²) in [5.74, 6) is 0.828. The molecule has 70 valence electrons. The summed E-state index contributed by atoms with van der Waals surface area (Å²) in [7, 11) is 2.24. The summed E-state index contributed by atoms with van der Waals surface area (Å²) in [5.41, 5.74) is 0. The molecule has 0 bridgehead atoms. The van der Waals surface area contributed by atoms with E-state index < -0.39 is 0 Å². The Morgan fingerprint density at radius 3 is 2.92 bits per heavy atom. The first-order chi connectivity index (χ1) is 5.79. The van der Waals surface area contributed by atoms with Gasteiger partial charge in [0.15, 0.2) is 0 Å². The second-order valence-electron chi connectivity index (χ2n) is 4.29. The summed E-state index contributed by atoms with van der Waals surface area (Å²) in [4.78, 5) is 2.48. The van der Waals surface area contributed by atoms with Crippen LogP contribution in [0.3, 0.4) is 0 Å². The van der Waals surface area contributed by atoms with E-state index in [4.69, 9.17) is 4.74 Å². The highest BCUT2D eigenvalue weighted by Gasteiger charge is 2.36. The molecule has 0 spiro atoms. The van der Waals surface area contributed by atoms with Crippen molar-refractivity contribution < 1.29 is 4.74 Å². The molecule has 0 amide bonds. The van der Waals surface area contributed by atoms with Crippen molar-refractivity contribution in [2.45, 2.75) is 38.3 Å². The van der Waals surface area contributed by atoms with Gasteiger partial charge in [0.05, 0.1) is 12.7 Å². The zero-order valence-electron chi connectivity index (χ0n) is 8.12. The molecule has 1 aliphatic carbocycles. The normalized spacial score (nSPS) is 44.0. The molecule has 1 saturated heterocycles. The molecule has 0 radical (unpaired) electrons. The molecule has 0 N–H and O–H groups in total. The summed E-state index contributed by atoms with van der Waals surface area (Å²) in [6, 6.07) is 0.701. The molecule has 2 rings (SSSR count). The molecule has 2 aliphatic rings. The van der Waals surface area contributed by atoms with Crippen LogP contribution in [0.5, 0.6) is 0 Å². The van der Waals surface area contributed by atoms with Gasteiger partial charge >= 0.3 is 0 Å². The number of fused-ring (bicyclic) bond motifs is 1. The lowest BCUT2D eigenvalue weighted by molar-refractivity contribution is -0.0964. The highest BCUT2D eigenvalue weighted by Crippen LogP contribution is 2.31. The van der Waals surface area contributed by atoms with Crippen molar-refractivity contribution in [2.24, 2.45) is 5.92 Å². The number of rotatable bonds is 0. The topological polar surface area (TPSA) is 12.5 Å². The third-order valence-electron chi connectivity index (χ3n) is 3.40. The van der Waals surface area contributed by atoms with Crippen LogP contribution >= 0.6 is 0 Å². The average Bonchev–Trinajstić information content (AvgIpc) is 2.04. The summed E-state index contributed by atoms with van der Waals surface area (Å²) in [6.07, 6.45) is 4.55. The van der Waals surface area contributed by atoms with E-state index in [9.17, 15) is 0 Å². The lowest BCUT2D eigenvalue weighted by atomic mass is 9.82. The maximum Gasteiger partial charge on any atom is 0.0733 e. The SMILES string of the molecule is C[C@H]1CCCC2OCCN(C)C21. The Kier molecular flexibility index (Phi) is 2.37. The first-order valence-electron chi connectivity index (χ1n) is 5.11. The van der Waals surface area contributed by atoms with E-state index in [0.717, 1.165) is 19.1 Å². The summed E-state index contributed by atoms with van der Waals surface area (Å²) in [6.45, 7) is 4.41. The Bertz CT molecular complexity index is 144. The predicted molar refractivity (Wildman–Crippen MR) is 49.2 cm³/mol. The zero-order chi connectivity index (χ0) is 8.55. The van der Waals surface area contributed by atoms with Gasteiger partial charge in [-0.25, -0.2) is 0 Å². The fourth-order valence-corrected chi connectivity index (χ4v) is 2.75. The van der Waals surface area contributed by atoms with Gasteiger partial charge in [-0.05, 0) is 25.8 Å². The third-order valence-corrected chi connectivity index (χ3v) is 3.40. The Hall–Kier alpha value is -0.0800. The average molecular weight is 169 g/mol. The molecule has 1 aliphatic heterocycles. The van der Waals surface area contributed by atoms with Crippen molar-refractivity contribution >= 4 is 0 Å². The van der Waals surface area contributed by atoms with Crippen LogP contribution in [0.2, 0.25) is 0 Å². The molecule has 1 heterocycles. The van der Waals surface area contributed by atoms with Crippen LogP contribution in [-0.2, 0) is 4.74 Å². The monoisotopic (exact) mass is 169 g/mol. The van der Waals surface area contributed by atoms with E-state index in [1.807, 2.05) is 0 Å². The molecule has 0 aromatic carbocycles. The van der Waals surface area contributed by atoms with Crippen molar-refractivity contribution in [2.75, 3.05) is 20.2 Å². The van der Waals surface area contributed by atoms with Crippen molar-refractivity contribution in [3.05, 3.63) is 0 Å². The first-order valence-corrected chi connectivity index (χ1v) is 5.11. The van der Waals surface area contributed by atoms with Gasteiger partial charge < -0.3 is 4.74 Å². The minimum absolute atomic E-state index is 0.535. The highest BCUT2D eigenvalue weighted by molar-refractivity contribution is 4.89. The van der Waals surface area contributed by atoms with Crippen molar-refractivity contribution in [1.29, 1.82) is 0 Å². The zero-order valence-corrected chi connectivity index (χ0v) is 8.12. The van der Waals surface area contributed by atoms with Crippen LogP contribution in [0.4, 0.5) is 0 Å². The maximum absolute atomic E-state index is 5.78. The lowest BCUT2D eigenvalue weighted by Gasteiger charge is -2.45. The Balaban J connectivity index is 2.07. The number of ether oxygens (including phenoxy) is 1. The number of hydrogen-bond donors (Lipinski definition) is 0. The van der Waals surface area contributed by atoms with Crippen LogP contribution in [0.25, 0.3) is 0 Å². The van der Waals surface area contributed by atoms with Crippen molar-refractivity contribution in [1.82, 2.24) is 4.90 Å². The van der Waals surface area contributed by atoms with Gasteiger partial charge in [-0.15, -0.1) is 0 Å². The van der Waals surface area contributed by atoms with Crippen LogP contribution in [-0.4, -0.2) is 37.2 Å². The standard InChI is InChI=1S/C10H19NO/c1-8-4-3-5-9-10(8)11(2)6-7-12-9/h8-10H,3-7H2,1-2H3/t8-,9?,10?/m0/s1. The van der Waals surface area contributed by atoms with Crippen molar-refractivity contribution in [3.63, 3.8) is 0 Å². The molecule has 12 heavy (non-hydrogen) atoms. The van der Waals surface area contributed by atoms with Gasteiger partial charge in [0.2, 0.25) is 0 Å². The quantitative estimate of drug-likeness (QED) is 0.545. The first kappa shape index (κ1) is 8.52. The van der Waals surface area contributed by atoms with E-state index in [1.54, 1.807) is 0 Å². The van der Waals surface area contributed by atoms with Gasteiger partial charge in [-0.1, -0.05) is 13.3 Å². The lowest BCUT2D eigenvalue weighted by Crippen LogP contribution is -2.54. The predicted octanol–water partition coefficient (Wildman–Crippen LogP) is 1.51. The smallest absolute Gasteiger partial charge is 0.0733 e. The molecule has 2 unspecified atom stereocenters. The maximum atomic E-state index is 5.78. The molecule has 2 fully saturated rings. The van der Waals surface area contributed by atoms with Crippen LogP contribution in [0.15, 0.2) is 0 Å².